The van der Waals surface area contributed by atoms with Gasteiger partial charge >= 0.3 is 6.18 Å². The minimum atomic E-state index is -4.49. The smallest absolute Gasteiger partial charge is 0.381 e. The number of hydrogen-bond donors (Lipinski definition) is 1. The Morgan fingerprint density at radius 1 is 0.771 bits per heavy atom. The van der Waals surface area contributed by atoms with Crippen LogP contribution in [0.5, 0.6) is 0 Å². The summed E-state index contributed by atoms with van der Waals surface area (Å²) in [4.78, 5) is 8.32. The molecule has 2 aromatic heterocycles. The Balaban J connectivity index is 1.62. The highest BCUT2D eigenvalue weighted by Gasteiger charge is 2.33. The summed E-state index contributed by atoms with van der Waals surface area (Å²) in [5, 5.41) is 3.89. The average Bonchev–Trinajstić information content (AvgIpc) is 2.88. The third-order valence-electron chi connectivity index (χ3n) is 5.92. The van der Waals surface area contributed by atoms with Crippen LogP contribution in [0.1, 0.15) is 22.3 Å². The Morgan fingerprint density at radius 2 is 1.54 bits per heavy atom. The molecule has 5 rings (SSSR count). The average molecular weight is 470 g/mol. The van der Waals surface area contributed by atoms with Crippen molar-refractivity contribution in [3.8, 4) is 11.1 Å². The van der Waals surface area contributed by atoms with Crippen molar-refractivity contribution in [3.63, 3.8) is 0 Å². The second-order valence-corrected chi connectivity index (χ2v) is 8.31. The van der Waals surface area contributed by atoms with Gasteiger partial charge in [0, 0.05) is 36.2 Å². The Labute approximate surface area is 201 Å². The number of hydrogen-bond acceptors (Lipinski definition) is 3. The zero-order valence-corrected chi connectivity index (χ0v) is 18.8. The molecule has 0 aliphatic carbocycles. The highest BCUT2D eigenvalue weighted by Crippen LogP contribution is 2.39. The van der Waals surface area contributed by atoms with Gasteiger partial charge in [0.1, 0.15) is 0 Å². The summed E-state index contributed by atoms with van der Waals surface area (Å²) in [6.45, 7) is 0.609. The van der Waals surface area contributed by atoms with Crippen molar-refractivity contribution in [2.24, 2.45) is 0 Å². The lowest BCUT2D eigenvalue weighted by Crippen LogP contribution is -2.07. The largest absolute Gasteiger partial charge is 0.418 e. The van der Waals surface area contributed by atoms with Crippen molar-refractivity contribution >= 4 is 16.6 Å². The predicted octanol–water partition coefficient (Wildman–Crippen LogP) is 7.52. The Hall–Kier alpha value is -4.19. The van der Waals surface area contributed by atoms with Gasteiger partial charge in [-0.05, 0) is 64.6 Å². The van der Waals surface area contributed by atoms with Crippen LogP contribution in [0.4, 0.5) is 18.9 Å². The zero-order valence-electron chi connectivity index (χ0n) is 18.8. The number of anilines is 1. The van der Waals surface area contributed by atoms with Gasteiger partial charge in [-0.2, -0.15) is 13.2 Å². The van der Waals surface area contributed by atoms with Crippen LogP contribution in [-0.2, 0) is 19.1 Å². The summed E-state index contributed by atoms with van der Waals surface area (Å²) < 4.78 is 41.3. The highest BCUT2D eigenvalue weighted by atomic mass is 19.4. The molecule has 0 atom stereocenters. The van der Waals surface area contributed by atoms with Crippen molar-refractivity contribution in [3.05, 3.63) is 126 Å². The van der Waals surface area contributed by atoms with E-state index in [1.807, 2.05) is 66.7 Å². The van der Waals surface area contributed by atoms with Crippen molar-refractivity contribution < 1.29 is 13.2 Å². The summed E-state index contributed by atoms with van der Waals surface area (Å²) in [6, 6.07) is 25.8. The molecule has 0 aliphatic heterocycles. The summed E-state index contributed by atoms with van der Waals surface area (Å²) in [6.07, 6.45) is 1.13. The zero-order chi connectivity index (χ0) is 24.3. The lowest BCUT2D eigenvalue weighted by Gasteiger charge is -2.17. The van der Waals surface area contributed by atoms with E-state index in [1.54, 1.807) is 24.7 Å². The first kappa shape index (κ1) is 22.6. The summed E-state index contributed by atoms with van der Waals surface area (Å²) in [5.41, 5.74) is 4.72. The number of rotatable bonds is 6. The van der Waals surface area contributed by atoms with E-state index in [1.165, 1.54) is 6.07 Å². The Morgan fingerprint density at radius 3 is 2.31 bits per heavy atom. The third kappa shape index (κ3) is 5.01. The van der Waals surface area contributed by atoms with Gasteiger partial charge in [0.15, 0.2) is 0 Å². The summed E-state index contributed by atoms with van der Waals surface area (Å²) in [5.74, 6) is 0. The van der Waals surface area contributed by atoms with Gasteiger partial charge in [-0.25, -0.2) is 0 Å². The topological polar surface area (TPSA) is 37.8 Å². The lowest BCUT2D eigenvalue weighted by atomic mass is 9.91. The molecule has 3 nitrogen and oxygen atoms in total. The molecule has 0 fully saturated rings. The van der Waals surface area contributed by atoms with Gasteiger partial charge in [0.2, 0.25) is 0 Å². The normalized spacial score (nSPS) is 11.5. The van der Waals surface area contributed by atoms with E-state index in [0.717, 1.165) is 39.6 Å². The maximum Gasteiger partial charge on any atom is 0.418 e. The van der Waals surface area contributed by atoms with Gasteiger partial charge in [0.25, 0.3) is 0 Å². The second kappa shape index (κ2) is 9.58. The third-order valence-corrected chi connectivity index (χ3v) is 5.92. The first-order chi connectivity index (χ1) is 17.0. The van der Waals surface area contributed by atoms with Crippen molar-refractivity contribution in [1.82, 2.24) is 9.97 Å². The van der Waals surface area contributed by atoms with E-state index >= 15 is 0 Å². The monoisotopic (exact) mass is 469 g/mol. The van der Waals surface area contributed by atoms with Gasteiger partial charge in [-0.3, -0.25) is 9.97 Å². The molecule has 0 saturated carbocycles. The first-order valence-corrected chi connectivity index (χ1v) is 11.2. The molecule has 174 valence electrons. The number of para-hydroxylation sites is 1. The van der Waals surface area contributed by atoms with Crippen molar-refractivity contribution in [1.29, 1.82) is 0 Å². The van der Waals surface area contributed by atoms with Crippen LogP contribution in [0.3, 0.4) is 0 Å². The van der Waals surface area contributed by atoms with Crippen LogP contribution >= 0.6 is 0 Å². The van der Waals surface area contributed by atoms with Crippen molar-refractivity contribution in [2.45, 2.75) is 19.1 Å². The molecular weight excluding hydrogens is 447 g/mol. The molecule has 0 spiro atoms. The minimum absolute atomic E-state index is 0.0399. The molecule has 6 heteroatoms. The second-order valence-electron chi connectivity index (χ2n) is 8.31. The number of nitrogens with zero attached hydrogens (tertiary/aromatic N) is 2. The molecule has 1 N–H and O–H groups in total. The van der Waals surface area contributed by atoms with Gasteiger partial charge in [-0.15, -0.1) is 0 Å². The van der Waals surface area contributed by atoms with Crippen LogP contribution < -0.4 is 5.32 Å². The number of benzene rings is 3. The van der Waals surface area contributed by atoms with Crippen LogP contribution in [0.25, 0.3) is 22.0 Å². The van der Waals surface area contributed by atoms with Crippen molar-refractivity contribution in [2.75, 3.05) is 5.32 Å². The fourth-order valence-electron chi connectivity index (χ4n) is 4.27. The van der Waals surface area contributed by atoms with Gasteiger partial charge in [-0.1, -0.05) is 54.6 Å². The Bertz CT molecular complexity index is 1450. The minimum Gasteiger partial charge on any atom is -0.381 e. The van der Waals surface area contributed by atoms with E-state index in [0.29, 0.717) is 18.4 Å². The van der Waals surface area contributed by atoms with Gasteiger partial charge < -0.3 is 5.32 Å². The van der Waals surface area contributed by atoms with E-state index < -0.39 is 11.7 Å². The number of halogens is 3. The molecule has 3 aromatic carbocycles. The fraction of sp³-hybridized carbons (Fsp3) is 0.103. The fourth-order valence-corrected chi connectivity index (χ4v) is 4.27. The highest BCUT2D eigenvalue weighted by molar-refractivity contribution is 5.98. The molecule has 0 amide bonds. The number of nitrogens with one attached hydrogen (secondary N) is 1. The number of aromatic nitrogens is 2. The molecule has 5 aromatic rings. The van der Waals surface area contributed by atoms with Crippen LogP contribution in [0, 0.1) is 0 Å². The maximum absolute atomic E-state index is 13.8. The SMILES string of the molecule is FC(F)(F)c1cccc2c(-c3cccc(NCc4ccncc4)c3)c(Cc3ccccc3)cnc12. The number of pyridine rings is 2. The van der Waals surface area contributed by atoms with E-state index in [4.69, 9.17) is 0 Å². The molecular formula is C29H22F3N3. The number of alkyl halides is 3. The number of fused-ring (bicyclic) bond motifs is 1. The van der Waals surface area contributed by atoms with E-state index in [9.17, 15) is 13.2 Å². The molecule has 0 unspecified atom stereocenters. The molecule has 35 heavy (non-hydrogen) atoms. The quantitative estimate of drug-likeness (QED) is 0.279. The standard InChI is InChI=1S/C29H22F3N3/c30-29(31,32)26-11-5-10-25-27(23(19-35-28(25)26)16-20-6-2-1-3-7-20)22-8-4-9-24(17-22)34-18-21-12-14-33-15-13-21/h1-15,17,19,34H,16,18H2. The first-order valence-electron chi connectivity index (χ1n) is 11.2. The van der Waals surface area contributed by atoms with E-state index in [-0.39, 0.29) is 5.52 Å². The van der Waals surface area contributed by atoms with Crippen LogP contribution in [0.2, 0.25) is 0 Å². The molecule has 2 heterocycles. The predicted molar refractivity (Wildman–Crippen MR) is 133 cm³/mol. The molecule has 0 aliphatic rings. The van der Waals surface area contributed by atoms with Crippen LogP contribution in [0.15, 0.2) is 104 Å². The maximum atomic E-state index is 13.8. The van der Waals surface area contributed by atoms with E-state index in [2.05, 4.69) is 15.3 Å². The molecule has 0 bridgehead atoms. The summed E-state index contributed by atoms with van der Waals surface area (Å²) in [7, 11) is 0. The molecule has 0 saturated heterocycles. The van der Waals surface area contributed by atoms with Gasteiger partial charge in [0.05, 0.1) is 11.1 Å². The lowest BCUT2D eigenvalue weighted by molar-refractivity contribution is -0.136. The molecule has 0 radical (unpaired) electrons. The van der Waals surface area contributed by atoms with Crippen LogP contribution in [-0.4, -0.2) is 9.97 Å². The summed E-state index contributed by atoms with van der Waals surface area (Å²) >= 11 is 0. The Kier molecular flexibility index (Phi) is 6.19.